The van der Waals surface area contributed by atoms with E-state index in [0.29, 0.717) is 28.2 Å². The molecular formula is C23H29F2N3O5S. The molecule has 0 spiro atoms. The van der Waals surface area contributed by atoms with Gasteiger partial charge in [-0.25, -0.2) is 17.2 Å². The standard InChI is InChI=1S/C23H29F2N3O5S/c1-5-21(23(30)26-6-2)27(14-16-8-7-9-18(12-16)33-3)22(29)15-28(34(4,31)32)17-10-11-19(24)20(25)13-17/h7-13,21H,5-6,14-15H2,1-4H3,(H,26,30). The molecular weight excluding hydrogens is 468 g/mol. The van der Waals surface area contributed by atoms with E-state index in [2.05, 4.69) is 5.32 Å². The molecule has 0 aliphatic carbocycles. The number of sulfonamides is 1. The molecule has 2 rings (SSSR count). The van der Waals surface area contributed by atoms with E-state index in [-0.39, 0.29) is 24.6 Å². The number of amides is 2. The lowest BCUT2D eigenvalue weighted by molar-refractivity contribution is -0.140. The Morgan fingerprint density at radius 2 is 1.79 bits per heavy atom. The van der Waals surface area contributed by atoms with Crippen molar-refractivity contribution >= 4 is 27.5 Å². The van der Waals surface area contributed by atoms with Crippen molar-refractivity contribution in [3.8, 4) is 5.75 Å². The number of nitrogens with zero attached hydrogens (tertiary/aromatic N) is 2. The molecule has 186 valence electrons. The molecule has 0 radical (unpaired) electrons. The summed E-state index contributed by atoms with van der Waals surface area (Å²) < 4.78 is 58.0. The third-order valence-corrected chi connectivity index (χ3v) is 6.23. The number of ether oxygens (including phenoxy) is 1. The molecule has 0 bridgehead atoms. The predicted molar refractivity (Wildman–Crippen MR) is 125 cm³/mol. The summed E-state index contributed by atoms with van der Waals surface area (Å²) in [6.07, 6.45) is 1.13. The van der Waals surface area contributed by atoms with Gasteiger partial charge >= 0.3 is 0 Å². The van der Waals surface area contributed by atoms with E-state index >= 15 is 0 Å². The van der Waals surface area contributed by atoms with Crippen LogP contribution in [0.2, 0.25) is 0 Å². The van der Waals surface area contributed by atoms with Crippen molar-refractivity contribution in [2.45, 2.75) is 32.9 Å². The number of nitrogens with one attached hydrogen (secondary N) is 1. The molecule has 2 aromatic carbocycles. The average Bonchev–Trinajstić information content (AvgIpc) is 2.78. The van der Waals surface area contributed by atoms with Crippen molar-refractivity contribution in [3.05, 3.63) is 59.7 Å². The number of carbonyl (C=O) groups is 2. The van der Waals surface area contributed by atoms with E-state index < -0.39 is 40.2 Å². The van der Waals surface area contributed by atoms with Gasteiger partial charge in [0.05, 0.1) is 19.1 Å². The summed E-state index contributed by atoms with van der Waals surface area (Å²) in [5, 5.41) is 2.69. The van der Waals surface area contributed by atoms with Crippen LogP contribution in [0.5, 0.6) is 5.75 Å². The monoisotopic (exact) mass is 497 g/mol. The Bertz CT molecular complexity index is 1130. The number of benzene rings is 2. The van der Waals surface area contributed by atoms with E-state index in [1.807, 2.05) is 0 Å². The van der Waals surface area contributed by atoms with Crippen LogP contribution in [-0.4, -0.2) is 57.6 Å². The fraction of sp³-hybridized carbons (Fsp3) is 0.391. The maximum Gasteiger partial charge on any atom is 0.244 e. The minimum atomic E-state index is -4.05. The Morgan fingerprint density at radius 3 is 2.35 bits per heavy atom. The number of carbonyl (C=O) groups excluding carboxylic acids is 2. The minimum Gasteiger partial charge on any atom is -0.497 e. The predicted octanol–water partition coefficient (Wildman–Crippen LogP) is 2.68. The highest BCUT2D eigenvalue weighted by Gasteiger charge is 2.31. The molecule has 0 aromatic heterocycles. The van der Waals surface area contributed by atoms with Crippen LogP contribution in [0, 0.1) is 11.6 Å². The van der Waals surface area contributed by atoms with Crippen molar-refractivity contribution in [3.63, 3.8) is 0 Å². The van der Waals surface area contributed by atoms with Crippen molar-refractivity contribution in [2.24, 2.45) is 0 Å². The van der Waals surface area contributed by atoms with Gasteiger partial charge in [0.1, 0.15) is 18.3 Å². The normalized spacial score (nSPS) is 12.1. The molecule has 2 aromatic rings. The average molecular weight is 498 g/mol. The van der Waals surface area contributed by atoms with E-state index in [4.69, 9.17) is 4.74 Å². The number of rotatable bonds is 11. The maximum atomic E-state index is 13.8. The fourth-order valence-corrected chi connectivity index (χ4v) is 4.27. The van der Waals surface area contributed by atoms with Crippen molar-refractivity contribution in [2.75, 3.05) is 30.8 Å². The first-order valence-electron chi connectivity index (χ1n) is 10.6. The van der Waals surface area contributed by atoms with E-state index in [9.17, 15) is 26.8 Å². The molecule has 0 aliphatic heterocycles. The zero-order chi connectivity index (χ0) is 25.5. The van der Waals surface area contributed by atoms with Crippen LogP contribution in [0.3, 0.4) is 0 Å². The number of likely N-dealkylation sites (N-methyl/N-ethyl adjacent to an activating group) is 1. The summed E-state index contributed by atoms with van der Waals surface area (Å²) in [7, 11) is -2.55. The largest absolute Gasteiger partial charge is 0.497 e. The first-order chi connectivity index (χ1) is 16.0. The van der Waals surface area contributed by atoms with Crippen molar-refractivity contribution < 1.29 is 31.5 Å². The summed E-state index contributed by atoms with van der Waals surface area (Å²) in [5.41, 5.74) is 0.455. The zero-order valence-electron chi connectivity index (χ0n) is 19.5. The molecule has 34 heavy (non-hydrogen) atoms. The van der Waals surface area contributed by atoms with Gasteiger partial charge in [0.15, 0.2) is 11.6 Å². The van der Waals surface area contributed by atoms with Gasteiger partial charge in [0, 0.05) is 19.2 Å². The summed E-state index contributed by atoms with van der Waals surface area (Å²) >= 11 is 0. The second-order valence-electron chi connectivity index (χ2n) is 7.56. The second kappa shape index (κ2) is 11.8. The molecule has 1 atom stereocenters. The molecule has 2 amide bonds. The molecule has 0 heterocycles. The van der Waals surface area contributed by atoms with Gasteiger partial charge < -0.3 is 15.0 Å². The van der Waals surface area contributed by atoms with Gasteiger partial charge in [-0.15, -0.1) is 0 Å². The zero-order valence-corrected chi connectivity index (χ0v) is 20.4. The lowest BCUT2D eigenvalue weighted by Crippen LogP contribution is -2.52. The number of halogens is 2. The Kier molecular flexibility index (Phi) is 9.36. The highest BCUT2D eigenvalue weighted by Crippen LogP contribution is 2.22. The van der Waals surface area contributed by atoms with Gasteiger partial charge in [-0.05, 0) is 43.2 Å². The summed E-state index contributed by atoms with van der Waals surface area (Å²) in [6, 6.07) is 8.58. The minimum absolute atomic E-state index is 0.00105. The molecule has 8 nitrogen and oxygen atoms in total. The van der Waals surface area contributed by atoms with E-state index in [0.717, 1.165) is 18.4 Å². The summed E-state index contributed by atoms with van der Waals surface area (Å²) in [4.78, 5) is 27.4. The SMILES string of the molecule is CCNC(=O)C(CC)N(Cc1cccc(OC)c1)C(=O)CN(c1ccc(F)c(F)c1)S(C)(=O)=O. The molecule has 0 aliphatic rings. The Balaban J connectivity index is 2.46. The Morgan fingerprint density at radius 1 is 1.09 bits per heavy atom. The van der Waals surface area contributed by atoms with Gasteiger partial charge in [0.25, 0.3) is 0 Å². The quantitative estimate of drug-likeness (QED) is 0.515. The molecule has 0 saturated heterocycles. The highest BCUT2D eigenvalue weighted by molar-refractivity contribution is 7.92. The summed E-state index contributed by atoms with van der Waals surface area (Å²) in [5.74, 6) is -2.92. The van der Waals surface area contributed by atoms with Gasteiger partial charge in [-0.1, -0.05) is 19.1 Å². The van der Waals surface area contributed by atoms with Crippen LogP contribution in [-0.2, 0) is 26.2 Å². The Labute approximate surface area is 198 Å². The van der Waals surface area contributed by atoms with Crippen LogP contribution in [0.1, 0.15) is 25.8 Å². The Hall–Kier alpha value is -3.21. The molecule has 11 heteroatoms. The van der Waals surface area contributed by atoms with E-state index in [1.54, 1.807) is 38.1 Å². The number of methoxy groups -OCH3 is 1. The summed E-state index contributed by atoms with van der Waals surface area (Å²) in [6.45, 7) is 3.12. The van der Waals surface area contributed by atoms with Gasteiger partial charge in [-0.2, -0.15) is 0 Å². The molecule has 1 N–H and O–H groups in total. The number of hydrogen-bond acceptors (Lipinski definition) is 5. The van der Waals surface area contributed by atoms with E-state index in [1.165, 1.54) is 12.0 Å². The smallest absolute Gasteiger partial charge is 0.244 e. The van der Waals surface area contributed by atoms with Crippen LogP contribution >= 0.6 is 0 Å². The first kappa shape index (κ1) is 27.0. The van der Waals surface area contributed by atoms with Gasteiger partial charge in [0.2, 0.25) is 21.8 Å². The van der Waals surface area contributed by atoms with Crippen molar-refractivity contribution in [1.82, 2.24) is 10.2 Å². The van der Waals surface area contributed by atoms with Crippen LogP contribution in [0.15, 0.2) is 42.5 Å². The third kappa shape index (κ3) is 6.89. The van der Waals surface area contributed by atoms with Gasteiger partial charge in [-0.3, -0.25) is 13.9 Å². The lowest BCUT2D eigenvalue weighted by atomic mass is 10.1. The van der Waals surface area contributed by atoms with Crippen LogP contribution < -0.4 is 14.4 Å². The topological polar surface area (TPSA) is 96.0 Å². The fourth-order valence-electron chi connectivity index (χ4n) is 3.43. The third-order valence-electron chi connectivity index (χ3n) is 5.09. The maximum absolute atomic E-state index is 13.8. The number of anilines is 1. The first-order valence-corrected chi connectivity index (χ1v) is 12.5. The highest BCUT2D eigenvalue weighted by atomic mass is 32.2. The molecule has 1 unspecified atom stereocenters. The molecule has 0 fully saturated rings. The second-order valence-corrected chi connectivity index (χ2v) is 9.47. The molecule has 0 saturated carbocycles. The number of hydrogen-bond donors (Lipinski definition) is 1. The lowest BCUT2D eigenvalue weighted by Gasteiger charge is -2.32. The van der Waals surface area contributed by atoms with Crippen LogP contribution in [0.4, 0.5) is 14.5 Å². The van der Waals surface area contributed by atoms with Crippen LogP contribution in [0.25, 0.3) is 0 Å². The van der Waals surface area contributed by atoms with Crippen molar-refractivity contribution in [1.29, 1.82) is 0 Å².